The molecule has 0 spiro atoms. The van der Waals surface area contributed by atoms with Gasteiger partial charge in [0, 0.05) is 7.05 Å². The van der Waals surface area contributed by atoms with E-state index in [-0.39, 0.29) is 12.5 Å². The molecule has 1 rings (SSSR count). The number of hydrogen-bond donors (Lipinski definition) is 4. The smallest absolute Gasteiger partial charge is 0.325 e. The van der Waals surface area contributed by atoms with E-state index in [9.17, 15) is 9.59 Å². The number of guanidine groups is 1. The first-order valence-corrected chi connectivity index (χ1v) is 5.12. The van der Waals surface area contributed by atoms with Crippen LogP contribution in [0.1, 0.15) is 6.42 Å². The molecule has 1 heterocycles. The number of ether oxygens (including phenoxy) is 1. The van der Waals surface area contributed by atoms with Crippen molar-refractivity contribution in [2.45, 2.75) is 18.6 Å². The van der Waals surface area contributed by atoms with Crippen LogP contribution in [0.4, 0.5) is 0 Å². The number of esters is 1. The lowest BCUT2D eigenvalue weighted by Gasteiger charge is -2.19. The molecule has 8 heteroatoms. The van der Waals surface area contributed by atoms with E-state index in [0.29, 0.717) is 13.0 Å². The van der Waals surface area contributed by atoms with E-state index in [2.05, 4.69) is 5.32 Å². The Bertz CT molecular complexity index is 333. The lowest BCUT2D eigenvalue weighted by molar-refractivity contribution is -0.153. The third kappa shape index (κ3) is 3.59. The zero-order valence-corrected chi connectivity index (χ0v) is 9.47. The van der Waals surface area contributed by atoms with Gasteiger partial charge in [0.25, 0.3) is 0 Å². The van der Waals surface area contributed by atoms with Gasteiger partial charge < -0.3 is 25.8 Å². The Labute approximate surface area is 98.2 Å². The molecular weight excluding hydrogens is 228 g/mol. The average Bonchev–Trinajstić information content (AvgIpc) is 2.65. The zero-order valence-electron chi connectivity index (χ0n) is 9.47. The van der Waals surface area contributed by atoms with Crippen molar-refractivity contribution in [3.63, 3.8) is 0 Å². The first kappa shape index (κ1) is 13.2. The average molecular weight is 244 g/mol. The predicted octanol–water partition coefficient (Wildman–Crippen LogP) is -1.83. The molecule has 8 nitrogen and oxygen atoms in total. The van der Waals surface area contributed by atoms with Crippen LogP contribution in [0.15, 0.2) is 0 Å². The SMILES string of the molecule is CN(CC(=O)OC1CCN[C@@H]1C(=O)O)C(=N)N. The van der Waals surface area contributed by atoms with Crippen molar-refractivity contribution in [2.75, 3.05) is 20.1 Å². The normalized spacial score (nSPS) is 23.1. The molecular formula is C9H16N4O4. The topological polar surface area (TPSA) is 129 Å². The summed E-state index contributed by atoms with van der Waals surface area (Å²) in [5, 5.41) is 18.7. The molecule has 96 valence electrons. The van der Waals surface area contributed by atoms with E-state index in [1.807, 2.05) is 0 Å². The second-order valence-electron chi connectivity index (χ2n) is 3.83. The van der Waals surface area contributed by atoms with Crippen molar-refractivity contribution >= 4 is 17.9 Å². The summed E-state index contributed by atoms with van der Waals surface area (Å²) in [5.41, 5.74) is 5.16. The van der Waals surface area contributed by atoms with Gasteiger partial charge in [0.2, 0.25) is 0 Å². The number of hydrogen-bond acceptors (Lipinski definition) is 5. The van der Waals surface area contributed by atoms with Gasteiger partial charge in [-0.2, -0.15) is 0 Å². The molecule has 0 saturated carbocycles. The number of nitrogens with one attached hydrogen (secondary N) is 2. The van der Waals surface area contributed by atoms with Crippen LogP contribution in [-0.2, 0) is 14.3 Å². The summed E-state index contributed by atoms with van der Waals surface area (Å²) in [6, 6.07) is -0.860. The molecule has 0 amide bonds. The number of carboxylic acid groups (broad SMARTS) is 1. The van der Waals surface area contributed by atoms with Crippen molar-refractivity contribution in [1.82, 2.24) is 10.2 Å². The van der Waals surface area contributed by atoms with Crippen LogP contribution in [-0.4, -0.2) is 60.2 Å². The maximum absolute atomic E-state index is 11.4. The summed E-state index contributed by atoms with van der Waals surface area (Å²) in [6.07, 6.45) is -0.202. The lowest BCUT2D eigenvalue weighted by Crippen LogP contribution is -2.43. The fourth-order valence-electron chi connectivity index (χ4n) is 1.54. The number of rotatable bonds is 4. The minimum atomic E-state index is -1.04. The van der Waals surface area contributed by atoms with Gasteiger partial charge in [-0.3, -0.25) is 15.0 Å². The van der Waals surface area contributed by atoms with E-state index in [0.717, 1.165) is 0 Å². The van der Waals surface area contributed by atoms with Crippen LogP contribution in [0.3, 0.4) is 0 Å². The molecule has 2 atom stereocenters. The number of likely N-dealkylation sites (N-methyl/N-ethyl adjacent to an activating group) is 1. The highest BCUT2D eigenvalue weighted by Gasteiger charge is 2.35. The first-order chi connectivity index (χ1) is 7.91. The fourth-order valence-corrected chi connectivity index (χ4v) is 1.54. The van der Waals surface area contributed by atoms with E-state index in [1.54, 1.807) is 0 Å². The fraction of sp³-hybridized carbons (Fsp3) is 0.667. The molecule has 1 unspecified atom stereocenters. The van der Waals surface area contributed by atoms with E-state index >= 15 is 0 Å². The summed E-state index contributed by atoms with van der Waals surface area (Å²) >= 11 is 0. The Morgan fingerprint density at radius 3 is 2.82 bits per heavy atom. The predicted molar refractivity (Wildman–Crippen MR) is 58.5 cm³/mol. The molecule has 0 aromatic heterocycles. The molecule has 0 aliphatic carbocycles. The minimum Gasteiger partial charge on any atom is -0.480 e. The molecule has 0 aromatic rings. The van der Waals surface area contributed by atoms with Crippen LogP contribution >= 0.6 is 0 Å². The van der Waals surface area contributed by atoms with Crippen LogP contribution in [0, 0.1) is 5.41 Å². The number of carbonyl (C=O) groups is 2. The molecule has 0 radical (unpaired) electrons. The maximum atomic E-state index is 11.4. The number of aliphatic carboxylic acids is 1. The summed E-state index contributed by atoms with van der Waals surface area (Å²) in [5.74, 6) is -1.89. The Morgan fingerprint density at radius 1 is 1.65 bits per heavy atom. The van der Waals surface area contributed by atoms with Crippen LogP contribution in [0.5, 0.6) is 0 Å². The number of nitrogens with two attached hydrogens (primary N) is 1. The number of carbonyl (C=O) groups excluding carboxylic acids is 1. The van der Waals surface area contributed by atoms with Crippen molar-refractivity contribution in [3.05, 3.63) is 0 Å². The molecule has 1 saturated heterocycles. The highest BCUT2D eigenvalue weighted by atomic mass is 16.5. The van der Waals surface area contributed by atoms with Gasteiger partial charge in [0.15, 0.2) is 5.96 Å². The van der Waals surface area contributed by atoms with Gasteiger partial charge >= 0.3 is 11.9 Å². The van der Waals surface area contributed by atoms with Crippen LogP contribution < -0.4 is 11.1 Å². The monoisotopic (exact) mass is 244 g/mol. The Hall–Kier alpha value is -1.83. The van der Waals surface area contributed by atoms with Gasteiger partial charge in [-0.05, 0) is 13.0 Å². The van der Waals surface area contributed by atoms with Crippen molar-refractivity contribution < 1.29 is 19.4 Å². The Kier molecular flexibility index (Phi) is 4.27. The second kappa shape index (κ2) is 5.48. The molecule has 5 N–H and O–H groups in total. The van der Waals surface area contributed by atoms with E-state index in [1.165, 1.54) is 11.9 Å². The number of carboxylic acids is 1. The van der Waals surface area contributed by atoms with Crippen LogP contribution in [0.25, 0.3) is 0 Å². The molecule has 0 bridgehead atoms. The Morgan fingerprint density at radius 2 is 2.29 bits per heavy atom. The lowest BCUT2D eigenvalue weighted by atomic mass is 10.2. The molecule has 1 fully saturated rings. The molecule has 0 aromatic carbocycles. The summed E-state index contributed by atoms with van der Waals surface area (Å²) in [4.78, 5) is 23.5. The van der Waals surface area contributed by atoms with E-state index < -0.39 is 24.1 Å². The standard InChI is InChI=1S/C9H16N4O4/c1-13(9(10)11)4-6(14)17-5-2-3-12-7(5)8(15)16/h5,7,12H,2-4H2,1H3,(H3,10,11)(H,15,16)/t5?,7-/m0/s1. The maximum Gasteiger partial charge on any atom is 0.325 e. The number of nitrogens with zero attached hydrogens (tertiary/aromatic N) is 1. The minimum absolute atomic E-state index is 0.168. The van der Waals surface area contributed by atoms with Crippen LogP contribution in [0.2, 0.25) is 0 Å². The van der Waals surface area contributed by atoms with Gasteiger partial charge in [-0.1, -0.05) is 0 Å². The largest absolute Gasteiger partial charge is 0.480 e. The van der Waals surface area contributed by atoms with E-state index in [4.69, 9.17) is 21.0 Å². The summed E-state index contributed by atoms with van der Waals surface area (Å²) in [6.45, 7) is 0.329. The van der Waals surface area contributed by atoms with Gasteiger partial charge in [-0.25, -0.2) is 0 Å². The summed E-state index contributed by atoms with van der Waals surface area (Å²) < 4.78 is 5.03. The van der Waals surface area contributed by atoms with Crippen molar-refractivity contribution in [3.8, 4) is 0 Å². The quantitative estimate of drug-likeness (QED) is 0.260. The van der Waals surface area contributed by atoms with Gasteiger partial charge in [0.1, 0.15) is 18.7 Å². The zero-order chi connectivity index (χ0) is 13.0. The first-order valence-electron chi connectivity index (χ1n) is 5.12. The molecule has 17 heavy (non-hydrogen) atoms. The highest BCUT2D eigenvalue weighted by molar-refractivity contribution is 5.81. The van der Waals surface area contributed by atoms with Gasteiger partial charge in [0.05, 0.1) is 0 Å². The third-order valence-corrected chi connectivity index (χ3v) is 2.49. The third-order valence-electron chi connectivity index (χ3n) is 2.49. The van der Waals surface area contributed by atoms with Crippen molar-refractivity contribution in [2.24, 2.45) is 5.73 Å². The summed E-state index contributed by atoms with van der Waals surface area (Å²) in [7, 11) is 1.48. The van der Waals surface area contributed by atoms with Gasteiger partial charge in [-0.15, -0.1) is 0 Å². The molecule has 1 aliphatic rings. The second-order valence-corrected chi connectivity index (χ2v) is 3.83. The molecule has 1 aliphatic heterocycles. The highest BCUT2D eigenvalue weighted by Crippen LogP contribution is 2.12. The Balaban J connectivity index is 2.45. The van der Waals surface area contributed by atoms with Crippen molar-refractivity contribution in [1.29, 1.82) is 5.41 Å².